The average molecular weight is 303 g/mol. The number of hydrogen-bond donors (Lipinski definition) is 1. The predicted octanol–water partition coefficient (Wildman–Crippen LogP) is 2.43. The van der Waals surface area contributed by atoms with Gasteiger partial charge < -0.3 is 14.6 Å². The summed E-state index contributed by atoms with van der Waals surface area (Å²) in [6.07, 6.45) is 2.73. The number of carbonyl (C=O) groups is 1. The van der Waals surface area contributed by atoms with E-state index < -0.39 is 0 Å². The Balaban J connectivity index is 2.62. The SMILES string of the molecule is CCn1cc(Br)cc1C(=O)NC(C)CCOC. The van der Waals surface area contributed by atoms with Crippen molar-refractivity contribution in [1.82, 2.24) is 9.88 Å². The van der Waals surface area contributed by atoms with Crippen LogP contribution >= 0.6 is 15.9 Å². The molecule has 0 saturated carbocycles. The lowest BCUT2D eigenvalue weighted by molar-refractivity contribution is 0.0920. The Morgan fingerprint density at radius 1 is 1.65 bits per heavy atom. The van der Waals surface area contributed by atoms with Crippen molar-refractivity contribution in [1.29, 1.82) is 0 Å². The van der Waals surface area contributed by atoms with Gasteiger partial charge in [0.2, 0.25) is 0 Å². The van der Waals surface area contributed by atoms with Crippen LogP contribution in [-0.2, 0) is 11.3 Å². The zero-order valence-corrected chi connectivity index (χ0v) is 12.1. The molecule has 5 heteroatoms. The van der Waals surface area contributed by atoms with E-state index in [-0.39, 0.29) is 11.9 Å². The molecule has 1 heterocycles. The highest BCUT2D eigenvalue weighted by Crippen LogP contribution is 2.15. The molecule has 0 radical (unpaired) electrons. The second kappa shape index (κ2) is 6.81. The number of aryl methyl sites for hydroxylation is 1. The van der Waals surface area contributed by atoms with Gasteiger partial charge in [-0.2, -0.15) is 0 Å². The fraction of sp³-hybridized carbons (Fsp3) is 0.583. The third-order valence-electron chi connectivity index (χ3n) is 2.57. The number of methoxy groups -OCH3 is 1. The van der Waals surface area contributed by atoms with Crippen LogP contribution in [0.2, 0.25) is 0 Å². The summed E-state index contributed by atoms with van der Waals surface area (Å²) >= 11 is 3.38. The third-order valence-corrected chi connectivity index (χ3v) is 3.00. The van der Waals surface area contributed by atoms with E-state index in [1.807, 2.05) is 30.7 Å². The van der Waals surface area contributed by atoms with E-state index in [1.54, 1.807) is 7.11 Å². The number of ether oxygens (including phenoxy) is 1. The largest absolute Gasteiger partial charge is 0.385 e. The van der Waals surface area contributed by atoms with Crippen LogP contribution in [0.4, 0.5) is 0 Å². The average Bonchev–Trinajstić information content (AvgIpc) is 2.67. The fourth-order valence-corrected chi connectivity index (χ4v) is 2.06. The monoisotopic (exact) mass is 302 g/mol. The van der Waals surface area contributed by atoms with Gasteiger partial charge in [0, 0.05) is 37.0 Å². The zero-order chi connectivity index (χ0) is 12.8. The molecule has 0 saturated heterocycles. The van der Waals surface area contributed by atoms with Crippen molar-refractivity contribution in [3.05, 3.63) is 22.4 Å². The van der Waals surface area contributed by atoms with Crippen LogP contribution in [0.5, 0.6) is 0 Å². The summed E-state index contributed by atoms with van der Waals surface area (Å²) in [5.74, 6) is -0.0406. The molecule has 1 aromatic heterocycles. The molecule has 1 amide bonds. The molecule has 1 aromatic rings. The van der Waals surface area contributed by atoms with Crippen molar-refractivity contribution in [3.63, 3.8) is 0 Å². The van der Waals surface area contributed by atoms with Gasteiger partial charge in [-0.15, -0.1) is 0 Å². The van der Waals surface area contributed by atoms with Gasteiger partial charge in [0.25, 0.3) is 5.91 Å². The minimum Gasteiger partial charge on any atom is -0.385 e. The topological polar surface area (TPSA) is 43.3 Å². The summed E-state index contributed by atoms with van der Waals surface area (Å²) in [6.45, 7) is 5.42. The molecular weight excluding hydrogens is 284 g/mol. The first-order valence-electron chi connectivity index (χ1n) is 5.74. The maximum Gasteiger partial charge on any atom is 0.268 e. The van der Waals surface area contributed by atoms with Crippen LogP contribution in [0.3, 0.4) is 0 Å². The highest BCUT2D eigenvalue weighted by molar-refractivity contribution is 9.10. The van der Waals surface area contributed by atoms with Crippen LogP contribution in [0.15, 0.2) is 16.7 Å². The molecule has 17 heavy (non-hydrogen) atoms. The Kier molecular flexibility index (Phi) is 5.71. The number of nitrogens with one attached hydrogen (secondary N) is 1. The van der Waals surface area contributed by atoms with E-state index in [1.165, 1.54) is 0 Å². The van der Waals surface area contributed by atoms with Gasteiger partial charge in [-0.3, -0.25) is 4.79 Å². The standard InChI is InChI=1S/C12H19BrN2O2/c1-4-15-8-10(13)7-11(15)12(16)14-9(2)5-6-17-3/h7-9H,4-6H2,1-3H3,(H,14,16). The van der Waals surface area contributed by atoms with Crippen LogP contribution in [0.25, 0.3) is 0 Å². The van der Waals surface area contributed by atoms with Crippen molar-refractivity contribution >= 4 is 21.8 Å². The number of nitrogens with zero attached hydrogens (tertiary/aromatic N) is 1. The van der Waals surface area contributed by atoms with Crippen LogP contribution in [0, 0.1) is 0 Å². The first kappa shape index (κ1) is 14.3. The first-order chi connectivity index (χ1) is 8.08. The molecular formula is C12H19BrN2O2. The van der Waals surface area contributed by atoms with Gasteiger partial charge in [0.1, 0.15) is 5.69 Å². The summed E-state index contributed by atoms with van der Waals surface area (Å²) in [5, 5.41) is 2.96. The molecule has 0 spiro atoms. The third kappa shape index (κ3) is 4.16. The van der Waals surface area contributed by atoms with Crippen LogP contribution in [-0.4, -0.2) is 30.2 Å². The van der Waals surface area contributed by atoms with E-state index in [0.717, 1.165) is 17.4 Å². The Hall–Kier alpha value is -0.810. The molecule has 0 bridgehead atoms. The molecule has 0 fully saturated rings. The molecule has 0 aliphatic carbocycles. The van der Waals surface area contributed by atoms with E-state index in [0.29, 0.717) is 12.3 Å². The Morgan fingerprint density at radius 2 is 2.35 bits per heavy atom. The van der Waals surface area contributed by atoms with E-state index in [4.69, 9.17) is 4.74 Å². The van der Waals surface area contributed by atoms with E-state index >= 15 is 0 Å². The maximum absolute atomic E-state index is 12.0. The highest BCUT2D eigenvalue weighted by Gasteiger charge is 2.14. The van der Waals surface area contributed by atoms with Crippen molar-refractivity contribution in [2.75, 3.05) is 13.7 Å². The summed E-state index contributed by atoms with van der Waals surface area (Å²) in [7, 11) is 1.66. The zero-order valence-electron chi connectivity index (χ0n) is 10.5. The fourth-order valence-electron chi connectivity index (χ4n) is 1.59. The normalized spacial score (nSPS) is 12.5. The lowest BCUT2D eigenvalue weighted by atomic mass is 10.2. The van der Waals surface area contributed by atoms with Crippen molar-refractivity contribution < 1.29 is 9.53 Å². The lowest BCUT2D eigenvalue weighted by Crippen LogP contribution is -2.34. The van der Waals surface area contributed by atoms with Crippen molar-refractivity contribution in [2.45, 2.75) is 32.9 Å². The number of amides is 1. The molecule has 1 N–H and O–H groups in total. The predicted molar refractivity (Wildman–Crippen MR) is 71.2 cm³/mol. The van der Waals surface area contributed by atoms with Gasteiger partial charge >= 0.3 is 0 Å². The van der Waals surface area contributed by atoms with Gasteiger partial charge in [0.15, 0.2) is 0 Å². The van der Waals surface area contributed by atoms with E-state index in [9.17, 15) is 4.79 Å². The van der Waals surface area contributed by atoms with E-state index in [2.05, 4.69) is 21.2 Å². The summed E-state index contributed by atoms with van der Waals surface area (Å²) in [6, 6.07) is 1.95. The van der Waals surface area contributed by atoms with Crippen molar-refractivity contribution in [3.8, 4) is 0 Å². The first-order valence-corrected chi connectivity index (χ1v) is 6.53. The Labute approximate surface area is 110 Å². The van der Waals surface area contributed by atoms with Crippen LogP contribution in [0.1, 0.15) is 30.8 Å². The van der Waals surface area contributed by atoms with Gasteiger partial charge in [0.05, 0.1) is 0 Å². The summed E-state index contributed by atoms with van der Waals surface area (Å²) in [5.41, 5.74) is 0.684. The van der Waals surface area contributed by atoms with Crippen molar-refractivity contribution in [2.24, 2.45) is 0 Å². The summed E-state index contributed by atoms with van der Waals surface area (Å²) in [4.78, 5) is 12.0. The molecule has 0 aliphatic heterocycles. The maximum atomic E-state index is 12.0. The van der Waals surface area contributed by atoms with Gasteiger partial charge in [-0.25, -0.2) is 0 Å². The molecule has 0 aliphatic rings. The molecule has 0 aromatic carbocycles. The number of halogens is 1. The Bertz CT molecular complexity index is 377. The molecule has 1 unspecified atom stereocenters. The second-order valence-electron chi connectivity index (χ2n) is 3.99. The molecule has 96 valence electrons. The van der Waals surface area contributed by atoms with Gasteiger partial charge in [-0.05, 0) is 42.3 Å². The second-order valence-corrected chi connectivity index (χ2v) is 4.90. The Morgan fingerprint density at radius 3 is 2.94 bits per heavy atom. The smallest absolute Gasteiger partial charge is 0.268 e. The van der Waals surface area contributed by atoms with Crippen LogP contribution < -0.4 is 5.32 Å². The quantitative estimate of drug-likeness (QED) is 0.877. The number of rotatable bonds is 6. The number of carbonyl (C=O) groups excluding carboxylic acids is 1. The van der Waals surface area contributed by atoms with Gasteiger partial charge in [-0.1, -0.05) is 0 Å². The molecule has 1 atom stereocenters. The minimum atomic E-state index is -0.0406. The molecule has 4 nitrogen and oxygen atoms in total. The lowest BCUT2D eigenvalue weighted by Gasteiger charge is -2.14. The highest BCUT2D eigenvalue weighted by atomic mass is 79.9. The molecule has 1 rings (SSSR count). The number of aromatic nitrogens is 1. The number of hydrogen-bond acceptors (Lipinski definition) is 2. The summed E-state index contributed by atoms with van der Waals surface area (Å²) < 4.78 is 7.83. The minimum absolute atomic E-state index is 0.0406.